The summed E-state index contributed by atoms with van der Waals surface area (Å²) in [6.45, 7) is 2.82. The summed E-state index contributed by atoms with van der Waals surface area (Å²) in [7, 11) is 1.67. The first-order valence-corrected chi connectivity index (χ1v) is 11.4. The Morgan fingerprint density at radius 3 is 2.81 bits per heavy atom. The van der Waals surface area contributed by atoms with E-state index >= 15 is 0 Å². The van der Waals surface area contributed by atoms with Gasteiger partial charge in [0.2, 0.25) is 0 Å². The Labute approximate surface area is 191 Å². The van der Waals surface area contributed by atoms with Crippen LogP contribution in [0.1, 0.15) is 11.1 Å². The van der Waals surface area contributed by atoms with E-state index in [0.717, 1.165) is 50.8 Å². The Morgan fingerprint density at radius 1 is 1.16 bits per heavy atom. The van der Waals surface area contributed by atoms with Gasteiger partial charge >= 0.3 is 0 Å². The molecule has 5 rings (SSSR count). The molecule has 5 nitrogen and oxygen atoms in total. The van der Waals surface area contributed by atoms with Crippen LogP contribution in [-0.4, -0.2) is 41.8 Å². The standard InChI is InChI=1S/C26H24N2O3S/c1-30-21-10-8-18(9-11-21)5-4-12-28-13-14-31-25-20(17-28)15-19(16-23(25)29)26-27-22-6-2-3-7-24(22)32-26/h2-11,15-16,29H,12-14,17H2,1H3/b5-4+. The molecular formula is C26H24N2O3S. The lowest BCUT2D eigenvalue weighted by atomic mass is 10.1. The predicted molar refractivity (Wildman–Crippen MR) is 130 cm³/mol. The fourth-order valence-electron chi connectivity index (χ4n) is 3.88. The number of methoxy groups -OCH3 is 1. The second-order valence-electron chi connectivity index (χ2n) is 7.73. The maximum atomic E-state index is 10.7. The highest BCUT2D eigenvalue weighted by Crippen LogP contribution is 2.39. The van der Waals surface area contributed by atoms with Crippen LogP contribution >= 0.6 is 11.3 Å². The van der Waals surface area contributed by atoms with Gasteiger partial charge in [-0.1, -0.05) is 36.4 Å². The number of aromatic nitrogens is 1. The quantitative estimate of drug-likeness (QED) is 0.435. The maximum Gasteiger partial charge on any atom is 0.165 e. The third kappa shape index (κ3) is 4.33. The monoisotopic (exact) mass is 444 g/mol. The van der Waals surface area contributed by atoms with Gasteiger partial charge in [0.05, 0.1) is 17.3 Å². The summed E-state index contributed by atoms with van der Waals surface area (Å²) >= 11 is 1.63. The van der Waals surface area contributed by atoms with E-state index in [2.05, 4.69) is 29.2 Å². The smallest absolute Gasteiger partial charge is 0.165 e. The van der Waals surface area contributed by atoms with Crippen LogP contribution in [0.5, 0.6) is 17.2 Å². The number of phenolic OH excluding ortho intramolecular Hbond substituents is 1. The highest BCUT2D eigenvalue weighted by molar-refractivity contribution is 7.21. The van der Waals surface area contributed by atoms with E-state index in [0.29, 0.717) is 18.9 Å². The van der Waals surface area contributed by atoms with Crippen molar-refractivity contribution in [1.82, 2.24) is 9.88 Å². The molecule has 0 atom stereocenters. The van der Waals surface area contributed by atoms with Crippen molar-refractivity contribution in [1.29, 1.82) is 0 Å². The zero-order valence-corrected chi connectivity index (χ0v) is 18.6. The number of benzene rings is 3. The summed E-state index contributed by atoms with van der Waals surface area (Å²) in [5.74, 6) is 1.61. The van der Waals surface area contributed by atoms with Crippen LogP contribution in [0.15, 0.2) is 66.7 Å². The summed E-state index contributed by atoms with van der Waals surface area (Å²) < 4.78 is 12.3. The minimum Gasteiger partial charge on any atom is -0.504 e. The highest BCUT2D eigenvalue weighted by atomic mass is 32.1. The fraction of sp³-hybridized carbons (Fsp3) is 0.192. The molecule has 32 heavy (non-hydrogen) atoms. The summed E-state index contributed by atoms with van der Waals surface area (Å²) in [5, 5.41) is 11.6. The topological polar surface area (TPSA) is 54.8 Å². The van der Waals surface area contributed by atoms with Crippen molar-refractivity contribution >= 4 is 27.6 Å². The van der Waals surface area contributed by atoms with Gasteiger partial charge in [-0.15, -0.1) is 11.3 Å². The predicted octanol–water partition coefficient (Wildman–Crippen LogP) is 5.59. The number of fused-ring (bicyclic) bond motifs is 2. The molecule has 0 bridgehead atoms. The lowest BCUT2D eigenvalue weighted by Gasteiger charge is -2.17. The fourth-order valence-corrected chi connectivity index (χ4v) is 4.83. The second kappa shape index (κ2) is 9.02. The molecule has 162 valence electrons. The maximum absolute atomic E-state index is 10.7. The molecule has 6 heteroatoms. The summed E-state index contributed by atoms with van der Waals surface area (Å²) in [5.41, 5.74) is 4.01. The molecule has 4 aromatic rings. The molecule has 1 aromatic heterocycles. The molecule has 0 fully saturated rings. The Bertz CT molecular complexity index is 1230. The molecule has 0 amide bonds. The number of phenols is 1. The average Bonchev–Trinajstić information content (AvgIpc) is 3.14. The van der Waals surface area contributed by atoms with Crippen LogP contribution in [-0.2, 0) is 6.54 Å². The van der Waals surface area contributed by atoms with Crippen molar-refractivity contribution in [3.05, 3.63) is 77.9 Å². The summed E-state index contributed by atoms with van der Waals surface area (Å²) in [4.78, 5) is 7.06. The van der Waals surface area contributed by atoms with E-state index in [4.69, 9.17) is 14.5 Å². The van der Waals surface area contributed by atoms with Crippen LogP contribution in [0, 0.1) is 0 Å². The van der Waals surface area contributed by atoms with Crippen LogP contribution in [0.2, 0.25) is 0 Å². The molecule has 2 heterocycles. The minimum atomic E-state index is 0.174. The Kier molecular flexibility index (Phi) is 5.79. The number of nitrogens with zero attached hydrogens (tertiary/aromatic N) is 2. The van der Waals surface area contributed by atoms with E-state index in [9.17, 15) is 5.11 Å². The first-order chi connectivity index (χ1) is 15.7. The van der Waals surface area contributed by atoms with E-state index in [1.54, 1.807) is 24.5 Å². The molecule has 0 radical (unpaired) electrons. The van der Waals surface area contributed by atoms with Gasteiger partial charge in [0.25, 0.3) is 0 Å². The molecule has 1 N–H and O–H groups in total. The molecule has 0 saturated carbocycles. The van der Waals surface area contributed by atoms with E-state index < -0.39 is 0 Å². The lowest BCUT2D eigenvalue weighted by Crippen LogP contribution is -2.25. The number of hydrogen-bond donors (Lipinski definition) is 1. The van der Waals surface area contributed by atoms with Crippen molar-refractivity contribution < 1.29 is 14.6 Å². The SMILES string of the molecule is COc1ccc(/C=C/CN2CCOc3c(O)cc(-c4nc5ccccc5s4)cc3C2)cc1. The summed E-state index contributed by atoms with van der Waals surface area (Å²) in [6.07, 6.45) is 4.27. The number of para-hydroxylation sites is 1. The third-order valence-electron chi connectivity index (χ3n) is 5.52. The highest BCUT2D eigenvalue weighted by Gasteiger charge is 2.20. The molecule has 1 aliphatic heterocycles. The number of aromatic hydroxyl groups is 1. The molecule has 0 saturated heterocycles. The van der Waals surface area contributed by atoms with Gasteiger partial charge in [0.1, 0.15) is 17.4 Å². The van der Waals surface area contributed by atoms with E-state index in [1.165, 1.54) is 0 Å². The first kappa shape index (κ1) is 20.5. The second-order valence-corrected chi connectivity index (χ2v) is 8.76. The lowest BCUT2D eigenvalue weighted by molar-refractivity contribution is 0.239. The largest absolute Gasteiger partial charge is 0.504 e. The van der Waals surface area contributed by atoms with Gasteiger partial charge < -0.3 is 14.6 Å². The van der Waals surface area contributed by atoms with E-state index in [-0.39, 0.29) is 5.75 Å². The Hall–Kier alpha value is -3.35. The number of ether oxygens (including phenoxy) is 2. The van der Waals surface area contributed by atoms with Gasteiger partial charge in [-0.05, 0) is 42.0 Å². The third-order valence-corrected chi connectivity index (χ3v) is 6.61. The van der Waals surface area contributed by atoms with Crippen molar-refractivity contribution in [3.63, 3.8) is 0 Å². The van der Waals surface area contributed by atoms with Gasteiger partial charge in [-0.3, -0.25) is 4.90 Å². The number of thiazole rings is 1. The molecule has 1 aliphatic rings. The molecule has 0 aliphatic carbocycles. The Morgan fingerprint density at radius 2 is 2.00 bits per heavy atom. The van der Waals surface area contributed by atoms with Gasteiger partial charge in [-0.25, -0.2) is 4.98 Å². The van der Waals surface area contributed by atoms with Crippen LogP contribution in [0.25, 0.3) is 26.9 Å². The van der Waals surface area contributed by atoms with Gasteiger partial charge in [-0.2, -0.15) is 0 Å². The molecule has 0 unspecified atom stereocenters. The van der Waals surface area contributed by atoms with Crippen molar-refractivity contribution in [2.45, 2.75) is 6.54 Å². The van der Waals surface area contributed by atoms with Crippen LogP contribution in [0.3, 0.4) is 0 Å². The van der Waals surface area contributed by atoms with Crippen molar-refractivity contribution in [2.24, 2.45) is 0 Å². The van der Waals surface area contributed by atoms with Crippen LogP contribution in [0.4, 0.5) is 0 Å². The average molecular weight is 445 g/mol. The molecule has 0 spiro atoms. The number of rotatable bonds is 5. The molecular weight excluding hydrogens is 420 g/mol. The first-order valence-electron chi connectivity index (χ1n) is 10.6. The minimum absolute atomic E-state index is 0.174. The number of hydrogen-bond acceptors (Lipinski definition) is 6. The Balaban J connectivity index is 1.35. The van der Waals surface area contributed by atoms with Crippen molar-refractivity contribution in [3.8, 4) is 27.8 Å². The summed E-state index contributed by atoms with van der Waals surface area (Å²) in [6, 6.07) is 19.9. The van der Waals surface area contributed by atoms with Crippen LogP contribution < -0.4 is 9.47 Å². The zero-order chi connectivity index (χ0) is 21.9. The molecule has 3 aromatic carbocycles. The van der Waals surface area contributed by atoms with Gasteiger partial charge in [0.15, 0.2) is 11.5 Å². The zero-order valence-electron chi connectivity index (χ0n) is 17.8. The van der Waals surface area contributed by atoms with E-state index in [1.807, 2.05) is 42.5 Å². The normalized spacial score (nSPS) is 14.3. The van der Waals surface area contributed by atoms with Crippen molar-refractivity contribution in [2.75, 3.05) is 26.8 Å². The van der Waals surface area contributed by atoms with Gasteiger partial charge in [0, 0.05) is 30.8 Å².